The second-order valence-electron chi connectivity index (χ2n) is 6.41. The van der Waals surface area contributed by atoms with Crippen LogP contribution in [0.3, 0.4) is 0 Å². The number of nitrogens with zero attached hydrogens (tertiary/aromatic N) is 4. The number of rotatable bonds is 2. The molecule has 2 aromatic rings. The summed E-state index contributed by atoms with van der Waals surface area (Å²) in [6.45, 7) is 2.11. The van der Waals surface area contributed by atoms with Gasteiger partial charge in [-0.25, -0.2) is 14.4 Å². The smallest absolute Gasteiger partial charge is 0.180 e. The summed E-state index contributed by atoms with van der Waals surface area (Å²) >= 11 is 0. The average molecular weight is 312 g/mol. The van der Waals surface area contributed by atoms with Crippen LogP contribution < -0.4 is 4.90 Å². The van der Waals surface area contributed by atoms with Crippen LogP contribution in [0.25, 0.3) is 11.5 Å². The fourth-order valence-electron chi connectivity index (χ4n) is 3.60. The summed E-state index contributed by atoms with van der Waals surface area (Å²) in [7, 11) is 0. The summed E-state index contributed by atoms with van der Waals surface area (Å²) in [6, 6.07) is 2.77. The van der Waals surface area contributed by atoms with Crippen molar-refractivity contribution in [1.82, 2.24) is 15.0 Å². The molecule has 0 N–H and O–H groups in total. The number of hydrogen-bond acceptors (Lipinski definition) is 4. The maximum Gasteiger partial charge on any atom is 0.180 e. The van der Waals surface area contributed by atoms with Gasteiger partial charge in [0.1, 0.15) is 17.3 Å². The van der Waals surface area contributed by atoms with Gasteiger partial charge < -0.3 is 4.90 Å². The molecule has 2 aromatic heterocycles. The highest BCUT2D eigenvalue weighted by atomic mass is 19.1. The number of fused-ring (bicyclic) bond motifs is 1. The summed E-state index contributed by atoms with van der Waals surface area (Å²) in [4.78, 5) is 16.1. The van der Waals surface area contributed by atoms with Gasteiger partial charge in [0.05, 0.1) is 0 Å². The van der Waals surface area contributed by atoms with Crippen LogP contribution in [0.1, 0.15) is 43.4 Å². The lowest BCUT2D eigenvalue weighted by Crippen LogP contribution is -2.26. The highest BCUT2D eigenvalue weighted by Gasteiger charge is 2.24. The molecule has 0 bridgehead atoms. The van der Waals surface area contributed by atoms with E-state index in [4.69, 9.17) is 4.98 Å². The minimum atomic E-state index is -0.296. The molecule has 120 valence electrons. The number of aryl methyl sites for hydroxylation is 1. The van der Waals surface area contributed by atoms with Crippen LogP contribution in [0.5, 0.6) is 0 Å². The molecule has 1 aliphatic heterocycles. The molecule has 3 heterocycles. The zero-order chi connectivity index (χ0) is 15.6. The molecule has 0 radical (unpaired) electrons. The molecule has 2 aliphatic rings. The Hall–Kier alpha value is -2.04. The van der Waals surface area contributed by atoms with Crippen LogP contribution in [0, 0.1) is 5.82 Å². The third-order valence-corrected chi connectivity index (χ3v) is 4.77. The molecule has 5 heteroatoms. The highest BCUT2D eigenvalue weighted by Crippen LogP contribution is 2.32. The molecule has 0 aromatic carbocycles. The Labute approximate surface area is 135 Å². The van der Waals surface area contributed by atoms with Gasteiger partial charge >= 0.3 is 0 Å². The second-order valence-corrected chi connectivity index (χ2v) is 6.41. The third kappa shape index (κ3) is 2.92. The van der Waals surface area contributed by atoms with E-state index in [1.54, 1.807) is 0 Å². The summed E-state index contributed by atoms with van der Waals surface area (Å²) in [5.41, 5.74) is 2.95. The van der Waals surface area contributed by atoms with E-state index in [1.807, 2.05) is 0 Å². The van der Waals surface area contributed by atoms with Crippen LogP contribution in [0.15, 0.2) is 18.3 Å². The minimum Gasteiger partial charge on any atom is -0.356 e. The summed E-state index contributed by atoms with van der Waals surface area (Å²) in [5, 5.41) is 0. The molecule has 1 saturated heterocycles. The first kappa shape index (κ1) is 14.5. The molecule has 0 amide bonds. The van der Waals surface area contributed by atoms with E-state index < -0.39 is 0 Å². The molecule has 1 aliphatic carbocycles. The molecule has 0 saturated carbocycles. The van der Waals surface area contributed by atoms with Gasteiger partial charge in [0, 0.05) is 36.6 Å². The van der Waals surface area contributed by atoms with E-state index in [0.29, 0.717) is 11.5 Å². The zero-order valence-electron chi connectivity index (χ0n) is 13.3. The lowest BCUT2D eigenvalue weighted by atomic mass is 10.2. The Morgan fingerprint density at radius 2 is 1.78 bits per heavy atom. The molecule has 4 nitrogen and oxygen atoms in total. The fourth-order valence-corrected chi connectivity index (χ4v) is 3.60. The highest BCUT2D eigenvalue weighted by molar-refractivity contribution is 5.59. The lowest BCUT2D eigenvalue weighted by molar-refractivity contribution is 0.626. The van der Waals surface area contributed by atoms with Crippen molar-refractivity contribution in [3.05, 3.63) is 35.4 Å². The molecular formula is C18H21FN4. The number of aromatic nitrogens is 3. The van der Waals surface area contributed by atoms with E-state index in [9.17, 15) is 4.39 Å². The Morgan fingerprint density at radius 1 is 0.957 bits per heavy atom. The summed E-state index contributed by atoms with van der Waals surface area (Å²) in [6.07, 6.45) is 9.67. The Bertz CT molecular complexity index is 708. The molecule has 0 atom stereocenters. The predicted octanol–water partition coefficient (Wildman–Crippen LogP) is 3.55. The van der Waals surface area contributed by atoms with Gasteiger partial charge in [-0.05, 0) is 38.2 Å². The van der Waals surface area contributed by atoms with Crippen molar-refractivity contribution >= 4 is 5.82 Å². The quantitative estimate of drug-likeness (QED) is 0.850. The van der Waals surface area contributed by atoms with E-state index in [-0.39, 0.29) is 5.82 Å². The average Bonchev–Trinajstić information content (AvgIpc) is 2.87. The van der Waals surface area contributed by atoms with Crippen LogP contribution >= 0.6 is 0 Å². The van der Waals surface area contributed by atoms with Crippen molar-refractivity contribution in [3.8, 4) is 11.5 Å². The molecule has 23 heavy (non-hydrogen) atoms. The first-order valence-corrected chi connectivity index (χ1v) is 8.58. The van der Waals surface area contributed by atoms with Gasteiger partial charge in [-0.15, -0.1) is 0 Å². The van der Waals surface area contributed by atoms with Gasteiger partial charge in [0.2, 0.25) is 0 Å². The fraction of sp³-hybridized carbons (Fsp3) is 0.500. The number of halogens is 1. The summed E-state index contributed by atoms with van der Waals surface area (Å²) < 4.78 is 13.5. The number of anilines is 1. The molecule has 0 unspecified atom stereocenters. The van der Waals surface area contributed by atoms with Crippen LogP contribution in [0.4, 0.5) is 10.2 Å². The molecule has 1 fully saturated rings. The Morgan fingerprint density at radius 3 is 2.57 bits per heavy atom. The zero-order valence-corrected chi connectivity index (χ0v) is 13.3. The van der Waals surface area contributed by atoms with Crippen molar-refractivity contribution < 1.29 is 4.39 Å². The van der Waals surface area contributed by atoms with Crippen molar-refractivity contribution in [1.29, 1.82) is 0 Å². The van der Waals surface area contributed by atoms with Crippen molar-refractivity contribution in [2.45, 2.75) is 44.9 Å². The monoisotopic (exact) mass is 312 g/mol. The van der Waals surface area contributed by atoms with Crippen LogP contribution in [0.2, 0.25) is 0 Å². The molecular weight excluding hydrogens is 291 g/mol. The van der Waals surface area contributed by atoms with Crippen LogP contribution in [-0.2, 0) is 12.8 Å². The van der Waals surface area contributed by atoms with E-state index in [0.717, 1.165) is 43.9 Å². The van der Waals surface area contributed by atoms with Crippen molar-refractivity contribution in [2.24, 2.45) is 0 Å². The van der Waals surface area contributed by atoms with Crippen molar-refractivity contribution in [2.75, 3.05) is 18.0 Å². The van der Waals surface area contributed by atoms with Crippen molar-refractivity contribution in [3.63, 3.8) is 0 Å². The predicted molar refractivity (Wildman–Crippen MR) is 87.9 cm³/mol. The van der Waals surface area contributed by atoms with Gasteiger partial charge in [0.15, 0.2) is 5.82 Å². The molecule has 0 spiro atoms. The number of pyridine rings is 1. The maximum absolute atomic E-state index is 13.5. The molecule has 4 rings (SSSR count). The largest absolute Gasteiger partial charge is 0.356 e. The Balaban J connectivity index is 1.78. The van der Waals surface area contributed by atoms with E-state index in [2.05, 4.69) is 14.9 Å². The van der Waals surface area contributed by atoms with E-state index >= 15 is 0 Å². The lowest BCUT2D eigenvalue weighted by Gasteiger charge is -2.24. The first-order chi connectivity index (χ1) is 11.3. The second kappa shape index (κ2) is 6.22. The summed E-state index contributed by atoms with van der Waals surface area (Å²) in [5.74, 6) is 1.33. The third-order valence-electron chi connectivity index (χ3n) is 4.77. The number of hydrogen-bond donors (Lipinski definition) is 0. The SMILES string of the molecule is Fc1ccnc(-c2nc3c(c(N4CCCCCC4)n2)CCC3)c1. The first-order valence-electron chi connectivity index (χ1n) is 8.58. The van der Waals surface area contributed by atoms with Gasteiger partial charge in [-0.2, -0.15) is 0 Å². The van der Waals surface area contributed by atoms with Gasteiger partial charge in [-0.1, -0.05) is 12.8 Å². The maximum atomic E-state index is 13.5. The Kier molecular flexibility index (Phi) is 3.93. The normalized spacial score (nSPS) is 17.9. The van der Waals surface area contributed by atoms with E-state index in [1.165, 1.54) is 49.6 Å². The van der Waals surface area contributed by atoms with Gasteiger partial charge in [0.25, 0.3) is 0 Å². The standard InChI is InChI=1S/C18H21FN4/c19-13-8-9-20-16(12-13)17-21-15-7-5-6-14(15)18(22-17)23-10-3-1-2-4-11-23/h8-9,12H,1-7,10-11H2. The minimum absolute atomic E-state index is 0.296. The topological polar surface area (TPSA) is 41.9 Å². The van der Waals surface area contributed by atoms with Gasteiger partial charge in [-0.3, -0.25) is 4.98 Å². The van der Waals surface area contributed by atoms with Crippen LogP contribution in [-0.4, -0.2) is 28.0 Å².